The molecule has 1 aliphatic rings. The van der Waals surface area contributed by atoms with Crippen molar-refractivity contribution in [1.82, 2.24) is 10.2 Å². The number of nitrogens with zero attached hydrogens (tertiary/aromatic N) is 1. The second-order valence-electron chi connectivity index (χ2n) is 6.06. The van der Waals surface area contributed by atoms with Gasteiger partial charge in [-0.1, -0.05) is 26.0 Å². The number of hydrogen-bond acceptors (Lipinski definition) is 2. The standard InChI is InChI=1S/C18H28N2O2/c1-4-14(3)19-18(21)20-11-9-16(10-12-20)22-17-8-6-7-15(5-2)13-17/h6-8,13-14,16H,4-5,9-12H2,1-3H3,(H,19,21). The highest BCUT2D eigenvalue weighted by atomic mass is 16.5. The summed E-state index contributed by atoms with van der Waals surface area (Å²) in [5.41, 5.74) is 1.29. The normalized spacial score (nSPS) is 17.1. The summed E-state index contributed by atoms with van der Waals surface area (Å²) < 4.78 is 6.07. The molecule has 1 unspecified atom stereocenters. The van der Waals surface area contributed by atoms with Crippen LogP contribution in [0.2, 0.25) is 0 Å². The molecule has 1 atom stereocenters. The third kappa shape index (κ3) is 4.65. The minimum atomic E-state index is 0.0563. The van der Waals surface area contributed by atoms with E-state index in [2.05, 4.69) is 31.3 Å². The van der Waals surface area contributed by atoms with E-state index in [1.165, 1.54) is 5.56 Å². The van der Waals surface area contributed by atoms with E-state index in [1.54, 1.807) is 0 Å². The molecule has 1 saturated heterocycles. The van der Waals surface area contributed by atoms with E-state index in [0.717, 1.165) is 44.5 Å². The summed E-state index contributed by atoms with van der Waals surface area (Å²) in [6, 6.07) is 8.58. The van der Waals surface area contributed by atoms with Crippen molar-refractivity contribution < 1.29 is 9.53 Å². The molecule has 1 aromatic rings. The van der Waals surface area contributed by atoms with E-state index in [1.807, 2.05) is 24.0 Å². The van der Waals surface area contributed by atoms with Crippen molar-refractivity contribution in [3.63, 3.8) is 0 Å². The summed E-state index contributed by atoms with van der Waals surface area (Å²) in [5, 5.41) is 3.03. The zero-order valence-electron chi connectivity index (χ0n) is 14.0. The van der Waals surface area contributed by atoms with Crippen molar-refractivity contribution in [3.8, 4) is 5.75 Å². The highest BCUT2D eigenvalue weighted by molar-refractivity contribution is 5.74. The number of rotatable bonds is 5. The van der Waals surface area contributed by atoms with Crippen molar-refractivity contribution in [2.45, 2.75) is 58.6 Å². The highest BCUT2D eigenvalue weighted by Crippen LogP contribution is 2.20. The van der Waals surface area contributed by atoms with Gasteiger partial charge in [0, 0.05) is 32.0 Å². The Labute approximate surface area is 133 Å². The molecule has 0 aromatic heterocycles. The van der Waals surface area contributed by atoms with Crippen molar-refractivity contribution >= 4 is 6.03 Å². The number of carbonyl (C=O) groups excluding carboxylic acids is 1. The van der Waals surface area contributed by atoms with Gasteiger partial charge < -0.3 is 15.0 Å². The predicted octanol–water partition coefficient (Wildman–Crippen LogP) is 3.60. The van der Waals surface area contributed by atoms with E-state index < -0.39 is 0 Å². The molecular weight excluding hydrogens is 276 g/mol. The first-order valence-corrected chi connectivity index (χ1v) is 8.43. The quantitative estimate of drug-likeness (QED) is 0.903. The van der Waals surface area contributed by atoms with Crippen LogP contribution in [0.25, 0.3) is 0 Å². The number of ether oxygens (including phenoxy) is 1. The maximum absolute atomic E-state index is 12.1. The van der Waals surface area contributed by atoms with Crippen LogP contribution in [0.15, 0.2) is 24.3 Å². The zero-order valence-corrected chi connectivity index (χ0v) is 14.0. The number of aryl methyl sites for hydroxylation is 1. The number of urea groups is 1. The monoisotopic (exact) mass is 304 g/mol. The molecule has 2 amide bonds. The van der Waals surface area contributed by atoms with Crippen molar-refractivity contribution in [2.24, 2.45) is 0 Å². The maximum atomic E-state index is 12.1. The summed E-state index contributed by atoms with van der Waals surface area (Å²) in [4.78, 5) is 14.0. The van der Waals surface area contributed by atoms with Gasteiger partial charge in [0.1, 0.15) is 11.9 Å². The van der Waals surface area contributed by atoms with Crippen LogP contribution in [0.3, 0.4) is 0 Å². The molecule has 4 nitrogen and oxygen atoms in total. The molecule has 2 rings (SSSR count). The topological polar surface area (TPSA) is 41.6 Å². The molecule has 22 heavy (non-hydrogen) atoms. The van der Waals surface area contributed by atoms with Gasteiger partial charge in [-0.25, -0.2) is 4.79 Å². The Hall–Kier alpha value is -1.71. The second-order valence-corrected chi connectivity index (χ2v) is 6.06. The zero-order chi connectivity index (χ0) is 15.9. The smallest absolute Gasteiger partial charge is 0.317 e. The summed E-state index contributed by atoms with van der Waals surface area (Å²) in [7, 11) is 0. The predicted molar refractivity (Wildman–Crippen MR) is 89.3 cm³/mol. The Balaban J connectivity index is 1.80. The van der Waals surface area contributed by atoms with Crippen LogP contribution in [-0.4, -0.2) is 36.2 Å². The van der Waals surface area contributed by atoms with Gasteiger partial charge in [-0.2, -0.15) is 0 Å². The molecule has 1 fully saturated rings. The van der Waals surface area contributed by atoms with Gasteiger partial charge in [-0.3, -0.25) is 0 Å². The first-order chi connectivity index (χ1) is 10.6. The summed E-state index contributed by atoms with van der Waals surface area (Å²) in [5.74, 6) is 0.946. The Morgan fingerprint density at radius 3 is 2.73 bits per heavy atom. The summed E-state index contributed by atoms with van der Waals surface area (Å²) in [6.45, 7) is 7.79. The number of piperidine rings is 1. The fraction of sp³-hybridized carbons (Fsp3) is 0.611. The van der Waals surface area contributed by atoms with Crippen molar-refractivity contribution in [1.29, 1.82) is 0 Å². The van der Waals surface area contributed by atoms with Gasteiger partial charge in [0.15, 0.2) is 0 Å². The minimum absolute atomic E-state index is 0.0563. The van der Waals surface area contributed by atoms with Crippen LogP contribution in [0.1, 0.15) is 45.6 Å². The van der Waals surface area contributed by atoms with Crippen LogP contribution in [-0.2, 0) is 6.42 Å². The molecule has 0 aliphatic carbocycles. The lowest BCUT2D eigenvalue weighted by Gasteiger charge is -2.33. The maximum Gasteiger partial charge on any atom is 0.317 e. The average Bonchev–Trinajstić information content (AvgIpc) is 2.55. The lowest BCUT2D eigenvalue weighted by molar-refractivity contribution is 0.110. The lowest BCUT2D eigenvalue weighted by atomic mass is 10.1. The molecular formula is C18H28N2O2. The molecule has 1 aliphatic heterocycles. The van der Waals surface area contributed by atoms with Crippen molar-refractivity contribution in [2.75, 3.05) is 13.1 Å². The Morgan fingerprint density at radius 2 is 2.09 bits per heavy atom. The van der Waals surface area contributed by atoms with Crippen LogP contribution in [0.5, 0.6) is 5.75 Å². The van der Waals surface area contributed by atoms with Crippen LogP contribution >= 0.6 is 0 Å². The van der Waals surface area contributed by atoms with Gasteiger partial charge in [0.2, 0.25) is 0 Å². The van der Waals surface area contributed by atoms with Gasteiger partial charge in [0.05, 0.1) is 0 Å². The SMILES string of the molecule is CCc1cccc(OC2CCN(C(=O)NC(C)CC)CC2)c1. The number of hydrogen-bond donors (Lipinski definition) is 1. The third-order valence-electron chi connectivity index (χ3n) is 4.32. The van der Waals surface area contributed by atoms with Crippen LogP contribution in [0.4, 0.5) is 4.79 Å². The summed E-state index contributed by atoms with van der Waals surface area (Å²) >= 11 is 0. The molecule has 1 aromatic carbocycles. The van der Waals surface area contributed by atoms with E-state index in [4.69, 9.17) is 4.74 Å². The van der Waals surface area contributed by atoms with Gasteiger partial charge in [0.25, 0.3) is 0 Å². The van der Waals surface area contributed by atoms with E-state index in [0.29, 0.717) is 0 Å². The Morgan fingerprint density at radius 1 is 1.36 bits per heavy atom. The molecule has 0 bridgehead atoms. The molecule has 1 heterocycles. The molecule has 0 saturated carbocycles. The number of benzene rings is 1. The van der Waals surface area contributed by atoms with E-state index in [-0.39, 0.29) is 18.2 Å². The van der Waals surface area contributed by atoms with Crippen LogP contribution in [0, 0.1) is 0 Å². The number of carbonyl (C=O) groups is 1. The fourth-order valence-corrected chi connectivity index (χ4v) is 2.61. The molecule has 0 radical (unpaired) electrons. The van der Waals surface area contributed by atoms with E-state index >= 15 is 0 Å². The first-order valence-electron chi connectivity index (χ1n) is 8.43. The van der Waals surface area contributed by atoms with E-state index in [9.17, 15) is 4.79 Å². The largest absolute Gasteiger partial charge is 0.490 e. The highest BCUT2D eigenvalue weighted by Gasteiger charge is 2.24. The average molecular weight is 304 g/mol. The second kappa shape index (κ2) is 8.06. The fourth-order valence-electron chi connectivity index (χ4n) is 2.61. The third-order valence-corrected chi connectivity index (χ3v) is 4.32. The molecule has 0 spiro atoms. The first kappa shape index (κ1) is 16.7. The number of amides is 2. The number of likely N-dealkylation sites (tertiary alicyclic amines) is 1. The minimum Gasteiger partial charge on any atom is -0.490 e. The lowest BCUT2D eigenvalue weighted by Crippen LogP contribution is -2.48. The van der Waals surface area contributed by atoms with Crippen molar-refractivity contribution in [3.05, 3.63) is 29.8 Å². The number of nitrogens with one attached hydrogen (secondary N) is 1. The van der Waals surface area contributed by atoms with Gasteiger partial charge in [-0.15, -0.1) is 0 Å². The molecule has 122 valence electrons. The molecule has 4 heteroatoms. The summed E-state index contributed by atoms with van der Waals surface area (Å²) in [6.07, 6.45) is 3.97. The van der Waals surface area contributed by atoms with Gasteiger partial charge in [-0.05, 0) is 37.5 Å². The molecule has 1 N–H and O–H groups in total. The Kier molecular flexibility index (Phi) is 6.10. The van der Waals surface area contributed by atoms with Gasteiger partial charge >= 0.3 is 6.03 Å². The van der Waals surface area contributed by atoms with Crippen LogP contribution < -0.4 is 10.1 Å². The Bertz CT molecular complexity index is 482.